The van der Waals surface area contributed by atoms with Crippen molar-refractivity contribution < 1.29 is 13.2 Å². The van der Waals surface area contributed by atoms with Crippen molar-refractivity contribution in [3.63, 3.8) is 0 Å². The Morgan fingerprint density at radius 3 is 2.11 bits per heavy atom. The maximum Gasteiger partial charge on any atom is 0.241 e. The van der Waals surface area contributed by atoms with E-state index in [1.54, 1.807) is 0 Å². The molecule has 1 unspecified atom stereocenters. The Hall–Kier alpha value is -1.40. The van der Waals surface area contributed by atoms with Crippen LogP contribution in [0.3, 0.4) is 0 Å². The van der Waals surface area contributed by atoms with Gasteiger partial charge in [-0.3, -0.25) is 4.79 Å². The van der Waals surface area contributed by atoms with Crippen LogP contribution in [0.2, 0.25) is 0 Å². The number of amides is 1. The highest BCUT2D eigenvalue weighted by Gasteiger charge is 2.51. The van der Waals surface area contributed by atoms with Crippen LogP contribution in [-0.4, -0.2) is 32.4 Å². The minimum Gasteiger partial charge on any atom is -0.325 e. The molecule has 6 heteroatoms. The van der Waals surface area contributed by atoms with E-state index < -0.39 is 15.9 Å². The van der Waals surface area contributed by atoms with Crippen molar-refractivity contribution in [2.45, 2.75) is 56.4 Å². The standard InChI is InChI=1S/C21H30N2O3S/c1-27(25,26)7-6-19(22)20(24)23-18-4-2-17(3-5-18)21-11-14-8-15(12-21)10-16(9-14)13-21/h2-5,14-16,19H,6-13,22H2,1H3,(H,23,24). The Kier molecular flexibility index (Phi) is 4.83. The quantitative estimate of drug-likeness (QED) is 0.782. The number of hydrogen-bond donors (Lipinski definition) is 2. The van der Waals surface area contributed by atoms with Gasteiger partial charge in [0.15, 0.2) is 0 Å². The van der Waals surface area contributed by atoms with Crippen LogP contribution in [0.15, 0.2) is 24.3 Å². The molecule has 1 aromatic rings. The highest BCUT2D eigenvalue weighted by Crippen LogP contribution is 2.60. The fourth-order valence-electron chi connectivity index (χ4n) is 6.08. The van der Waals surface area contributed by atoms with Gasteiger partial charge < -0.3 is 11.1 Å². The van der Waals surface area contributed by atoms with Gasteiger partial charge >= 0.3 is 0 Å². The fourth-order valence-corrected chi connectivity index (χ4v) is 6.76. The van der Waals surface area contributed by atoms with Crippen LogP contribution in [0, 0.1) is 17.8 Å². The van der Waals surface area contributed by atoms with Crippen LogP contribution in [0.4, 0.5) is 5.69 Å². The second-order valence-corrected chi connectivity index (χ2v) is 11.5. The summed E-state index contributed by atoms with van der Waals surface area (Å²) in [4.78, 5) is 12.2. The lowest BCUT2D eigenvalue weighted by Crippen LogP contribution is -2.48. The summed E-state index contributed by atoms with van der Waals surface area (Å²) < 4.78 is 22.5. The zero-order valence-corrected chi connectivity index (χ0v) is 16.8. The Bertz CT molecular complexity index is 781. The van der Waals surface area contributed by atoms with Gasteiger partial charge in [-0.25, -0.2) is 8.42 Å². The molecule has 0 radical (unpaired) electrons. The first-order chi connectivity index (χ1) is 12.7. The van der Waals surface area contributed by atoms with Crippen molar-refractivity contribution in [2.24, 2.45) is 23.5 Å². The lowest BCUT2D eigenvalue weighted by atomic mass is 9.48. The third-order valence-corrected chi connectivity index (χ3v) is 7.92. The summed E-state index contributed by atoms with van der Waals surface area (Å²) >= 11 is 0. The van der Waals surface area contributed by atoms with E-state index in [9.17, 15) is 13.2 Å². The van der Waals surface area contributed by atoms with E-state index in [4.69, 9.17) is 5.73 Å². The van der Waals surface area contributed by atoms with Gasteiger partial charge in [-0.2, -0.15) is 0 Å². The molecule has 27 heavy (non-hydrogen) atoms. The lowest BCUT2D eigenvalue weighted by Gasteiger charge is -2.57. The summed E-state index contributed by atoms with van der Waals surface area (Å²) in [6.45, 7) is 0. The van der Waals surface area contributed by atoms with Crippen LogP contribution in [-0.2, 0) is 20.0 Å². The number of rotatable bonds is 6. The molecule has 4 aliphatic rings. The molecule has 1 amide bonds. The smallest absolute Gasteiger partial charge is 0.241 e. The number of sulfone groups is 1. The fraction of sp³-hybridized carbons (Fsp3) is 0.667. The summed E-state index contributed by atoms with van der Waals surface area (Å²) in [5, 5.41) is 2.82. The molecule has 0 aliphatic heterocycles. The summed E-state index contributed by atoms with van der Waals surface area (Å²) in [6.07, 6.45) is 9.54. The zero-order chi connectivity index (χ0) is 19.2. The van der Waals surface area contributed by atoms with E-state index in [-0.39, 0.29) is 18.1 Å². The minimum absolute atomic E-state index is 0.0768. The number of carbonyl (C=O) groups is 1. The van der Waals surface area contributed by atoms with Gasteiger partial charge in [-0.1, -0.05) is 12.1 Å². The van der Waals surface area contributed by atoms with Crippen molar-refractivity contribution in [3.8, 4) is 0 Å². The molecular formula is C21H30N2O3S. The maximum atomic E-state index is 12.2. The van der Waals surface area contributed by atoms with Gasteiger partial charge in [-0.05, 0) is 85.8 Å². The molecule has 0 spiro atoms. The Balaban J connectivity index is 1.40. The van der Waals surface area contributed by atoms with Crippen LogP contribution in [0.1, 0.15) is 50.5 Å². The van der Waals surface area contributed by atoms with Crippen molar-refractivity contribution in [2.75, 3.05) is 17.3 Å². The summed E-state index contributed by atoms with van der Waals surface area (Å²) in [7, 11) is -3.11. The average Bonchev–Trinajstić information content (AvgIpc) is 2.58. The monoisotopic (exact) mass is 390 g/mol. The first kappa shape index (κ1) is 18.9. The van der Waals surface area contributed by atoms with E-state index in [0.29, 0.717) is 5.41 Å². The zero-order valence-electron chi connectivity index (χ0n) is 16.0. The second-order valence-electron chi connectivity index (χ2n) is 9.29. The van der Waals surface area contributed by atoms with Crippen molar-refractivity contribution in [1.82, 2.24) is 0 Å². The highest BCUT2D eigenvalue weighted by atomic mass is 32.2. The average molecular weight is 391 g/mol. The van der Waals surface area contributed by atoms with Crippen molar-refractivity contribution >= 4 is 21.4 Å². The first-order valence-electron chi connectivity index (χ1n) is 10.1. The normalized spacial score (nSPS) is 33.0. The van der Waals surface area contributed by atoms with Gasteiger partial charge in [0.1, 0.15) is 9.84 Å². The molecule has 148 valence electrons. The van der Waals surface area contributed by atoms with Crippen LogP contribution in [0.25, 0.3) is 0 Å². The summed E-state index contributed by atoms with van der Waals surface area (Å²) in [6, 6.07) is 7.46. The molecule has 4 bridgehead atoms. The Morgan fingerprint density at radius 2 is 1.63 bits per heavy atom. The Morgan fingerprint density at radius 1 is 1.11 bits per heavy atom. The predicted octanol–water partition coefficient (Wildman–Crippen LogP) is 2.85. The van der Waals surface area contributed by atoms with Crippen molar-refractivity contribution in [3.05, 3.63) is 29.8 Å². The molecule has 1 aromatic carbocycles. The third kappa shape index (κ3) is 4.06. The van der Waals surface area contributed by atoms with Crippen LogP contribution >= 0.6 is 0 Å². The molecule has 5 nitrogen and oxygen atoms in total. The lowest BCUT2D eigenvalue weighted by molar-refractivity contribution is -0.117. The molecule has 5 rings (SSSR count). The van der Waals surface area contributed by atoms with Gasteiger partial charge in [0.25, 0.3) is 0 Å². The molecule has 0 aromatic heterocycles. The summed E-state index contributed by atoms with van der Waals surface area (Å²) in [5.74, 6) is 2.31. The van der Waals surface area contributed by atoms with E-state index in [2.05, 4.69) is 17.4 Å². The first-order valence-corrected chi connectivity index (χ1v) is 12.1. The number of benzene rings is 1. The number of nitrogens with one attached hydrogen (secondary N) is 1. The van der Waals surface area contributed by atoms with Gasteiger partial charge in [-0.15, -0.1) is 0 Å². The molecule has 4 fully saturated rings. The number of hydrogen-bond acceptors (Lipinski definition) is 4. The van der Waals surface area contributed by atoms with Gasteiger partial charge in [0.05, 0.1) is 11.8 Å². The highest BCUT2D eigenvalue weighted by molar-refractivity contribution is 7.90. The van der Waals surface area contributed by atoms with Crippen LogP contribution < -0.4 is 11.1 Å². The molecule has 0 heterocycles. The summed E-state index contributed by atoms with van der Waals surface area (Å²) in [5.41, 5.74) is 8.32. The van der Waals surface area contributed by atoms with E-state index in [0.717, 1.165) is 29.7 Å². The number of carbonyl (C=O) groups excluding carboxylic acids is 1. The molecule has 3 N–H and O–H groups in total. The SMILES string of the molecule is CS(=O)(=O)CCC(N)C(=O)Nc1ccc(C23CC4CC(CC(C4)C2)C3)cc1. The van der Waals surface area contributed by atoms with Crippen molar-refractivity contribution in [1.29, 1.82) is 0 Å². The molecular weight excluding hydrogens is 360 g/mol. The van der Waals surface area contributed by atoms with Crippen LogP contribution in [0.5, 0.6) is 0 Å². The number of nitrogens with two attached hydrogens (primary N) is 1. The predicted molar refractivity (Wildman–Crippen MR) is 107 cm³/mol. The van der Waals surface area contributed by atoms with E-state index in [1.165, 1.54) is 44.1 Å². The minimum atomic E-state index is -3.11. The van der Waals surface area contributed by atoms with E-state index >= 15 is 0 Å². The molecule has 4 aliphatic carbocycles. The maximum absolute atomic E-state index is 12.2. The third-order valence-electron chi connectivity index (χ3n) is 6.94. The molecule has 4 saturated carbocycles. The second kappa shape index (κ2) is 6.89. The topological polar surface area (TPSA) is 89.3 Å². The van der Waals surface area contributed by atoms with Gasteiger partial charge in [0, 0.05) is 11.9 Å². The molecule has 1 atom stereocenters. The largest absolute Gasteiger partial charge is 0.325 e. The molecule has 0 saturated heterocycles. The number of anilines is 1. The Labute approximate surface area is 162 Å². The van der Waals surface area contributed by atoms with Gasteiger partial charge in [0.2, 0.25) is 5.91 Å². The van der Waals surface area contributed by atoms with E-state index in [1.807, 2.05) is 12.1 Å².